The van der Waals surface area contributed by atoms with Crippen molar-refractivity contribution in [3.05, 3.63) is 106 Å². The van der Waals surface area contributed by atoms with Crippen LogP contribution in [0.25, 0.3) is 0 Å². The highest BCUT2D eigenvalue weighted by Gasteiger charge is 2.14. The molecule has 4 aromatic rings. The monoisotopic (exact) mass is 469 g/mol. The fraction of sp³-hybridized carbons (Fsp3) is 0.0417. The van der Waals surface area contributed by atoms with E-state index in [9.17, 15) is 4.79 Å². The van der Waals surface area contributed by atoms with Crippen LogP contribution in [0.15, 0.2) is 99.1 Å². The first-order valence-electron chi connectivity index (χ1n) is 9.38. The van der Waals surface area contributed by atoms with Gasteiger partial charge in [-0.2, -0.15) is 0 Å². The number of furan rings is 1. The lowest BCUT2D eigenvalue weighted by molar-refractivity contribution is 0.0992. The molecular weight excluding hydrogens is 453 g/mol. The van der Waals surface area contributed by atoms with Crippen LogP contribution in [0.4, 0.5) is 5.69 Å². The quantitative estimate of drug-likeness (QED) is 0.303. The Labute approximate surface area is 194 Å². The van der Waals surface area contributed by atoms with E-state index in [1.807, 2.05) is 48.5 Å². The van der Waals surface area contributed by atoms with Gasteiger partial charge in [-0.25, -0.2) is 0 Å². The zero-order valence-electron chi connectivity index (χ0n) is 16.2. The van der Waals surface area contributed by atoms with Crippen LogP contribution in [0.1, 0.15) is 16.3 Å². The standard InChI is InChI=1S/C24H17Cl2NO3S/c25-16-5-9-18(10-6-16)29-15-19-11-14-22(30-19)24(28)27-21-3-1-2-4-23(21)31-20-12-7-17(26)8-13-20/h1-14H,15H2,(H,27,28). The Kier molecular flexibility index (Phi) is 6.87. The van der Waals surface area contributed by atoms with Gasteiger partial charge in [-0.3, -0.25) is 4.79 Å². The molecule has 0 aliphatic rings. The van der Waals surface area contributed by atoms with Crippen LogP contribution in [-0.4, -0.2) is 5.91 Å². The fourth-order valence-corrected chi connectivity index (χ4v) is 3.89. The number of hydrogen-bond donors (Lipinski definition) is 1. The van der Waals surface area contributed by atoms with Gasteiger partial charge < -0.3 is 14.5 Å². The van der Waals surface area contributed by atoms with Crippen LogP contribution in [0.3, 0.4) is 0 Å². The number of carbonyl (C=O) groups is 1. The number of nitrogens with one attached hydrogen (secondary N) is 1. The van der Waals surface area contributed by atoms with E-state index in [0.717, 1.165) is 9.79 Å². The summed E-state index contributed by atoms with van der Waals surface area (Å²) in [4.78, 5) is 14.6. The molecule has 156 valence electrons. The van der Waals surface area contributed by atoms with Crippen molar-refractivity contribution in [3.8, 4) is 5.75 Å². The van der Waals surface area contributed by atoms with E-state index in [1.165, 1.54) is 11.8 Å². The Morgan fingerprint density at radius 2 is 1.55 bits per heavy atom. The third kappa shape index (κ3) is 5.85. The second-order valence-electron chi connectivity index (χ2n) is 6.51. The van der Waals surface area contributed by atoms with Gasteiger partial charge in [0.25, 0.3) is 5.91 Å². The van der Waals surface area contributed by atoms with Crippen molar-refractivity contribution in [3.63, 3.8) is 0 Å². The van der Waals surface area contributed by atoms with Gasteiger partial charge in [0.1, 0.15) is 18.1 Å². The molecule has 4 rings (SSSR count). The zero-order chi connectivity index (χ0) is 21.6. The van der Waals surface area contributed by atoms with Gasteiger partial charge in [0.2, 0.25) is 0 Å². The first kappa shape index (κ1) is 21.4. The van der Waals surface area contributed by atoms with Crippen LogP contribution < -0.4 is 10.1 Å². The highest BCUT2D eigenvalue weighted by molar-refractivity contribution is 7.99. The lowest BCUT2D eigenvalue weighted by Gasteiger charge is -2.10. The fourth-order valence-electron chi connectivity index (χ4n) is 2.74. The molecule has 0 radical (unpaired) electrons. The van der Waals surface area contributed by atoms with Crippen molar-refractivity contribution in [2.24, 2.45) is 0 Å². The third-order valence-corrected chi connectivity index (χ3v) is 5.84. The smallest absolute Gasteiger partial charge is 0.291 e. The Bertz CT molecular complexity index is 1170. The summed E-state index contributed by atoms with van der Waals surface area (Å²) in [7, 11) is 0. The van der Waals surface area contributed by atoms with Gasteiger partial charge >= 0.3 is 0 Å². The number of hydrogen-bond acceptors (Lipinski definition) is 4. The molecule has 0 fully saturated rings. The Hall–Kier alpha value is -2.86. The SMILES string of the molecule is O=C(Nc1ccccc1Sc1ccc(Cl)cc1)c1ccc(COc2ccc(Cl)cc2)o1. The molecule has 0 bridgehead atoms. The molecule has 4 nitrogen and oxygen atoms in total. The maximum Gasteiger partial charge on any atom is 0.291 e. The first-order chi connectivity index (χ1) is 15.1. The number of rotatable bonds is 7. The van der Waals surface area contributed by atoms with Crippen LogP contribution in [-0.2, 0) is 6.61 Å². The molecule has 0 aliphatic heterocycles. The molecule has 3 aromatic carbocycles. The minimum atomic E-state index is -0.332. The first-order valence-corrected chi connectivity index (χ1v) is 10.9. The molecule has 0 aliphatic carbocycles. The predicted molar refractivity (Wildman–Crippen MR) is 124 cm³/mol. The third-order valence-electron chi connectivity index (χ3n) is 4.26. The number of benzene rings is 3. The largest absolute Gasteiger partial charge is 0.486 e. The molecular formula is C24H17Cl2NO3S. The summed E-state index contributed by atoms with van der Waals surface area (Å²) >= 11 is 13.4. The molecule has 0 atom stereocenters. The number of ether oxygens (including phenoxy) is 1. The average molecular weight is 470 g/mol. The molecule has 1 N–H and O–H groups in total. The molecule has 1 aromatic heterocycles. The summed E-state index contributed by atoms with van der Waals surface area (Å²) in [6.07, 6.45) is 0. The van der Waals surface area contributed by atoms with E-state index in [1.54, 1.807) is 36.4 Å². The maximum absolute atomic E-state index is 12.7. The van der Waals surface area contributed by atoms with E-state index in [0.29, 0.717) is 27.2 Å². The van der Waals surface area contributed by atoms with E-state index in [2.05, 4.69) is 5.32 Å². The number of halogens is 2. The molecule has 1 amide bonds. The van der Waals surface area contributed by atoms with Gasteiger partial charge in [-0.15, -0.1) is 0 Å². The van der Waals surface area contributed by atoms with Gasteiger partial charge in [0, 0.05) is 19.8 Å². The summed E-state index contributed by atoms with van der Waals surface area (Å²) in [5.74, 6) is 1.09. The molecule has 0 saturated carbocycles. The van der Waals surface area contributed by atoms with Crippen LogP contribution >= 0.6 is 35.0 Å². The summed E-state index contributed by atoms with van der Waals surface area (Å²) in [6.45, 7) is 0.206. The average Bonchev–Trinajstić information content (AvgIpc) is 3.26. The van der Waals surface area contributed by atoms with Crippen molar-refractivity contribution >= 4 is 46.6 Å². The van der Waals surface area contributed by atoms with Crippen LogP contribution in [0.5, 0.6) is 5.75 Å². The highest BCUT2D eigenvalue weighted by atomic mass is 35.5. The van der Waals surface area contributed by atoms with Gasteiger partial charge in [0.05, 0.1) is 5.69 Å². The van der Waals surface area contributed by atoms with Crippen LogP contribution in [0, 0.1) is 0 Å². The minimum absolute atomic E-state index is 0.206. The maximum atomic E-state index is 12.7. The van der Waals surface area contributed by atoms with Gasteiger partial charge in [0.15, 0.2) is 5.76 Å². The molecule has 0 saturated heterocycles. The number of para-hydroxylation sites is 1. The lowest BCUT2D eigenvalue weighted by atomic mass is 10.3. The van der Waals surface area contributed by atoms with E-state index in [-0.39, 0.29) is 18.3 Å². The van der Waals surface area contributed by atoms with Crippen molar-refractivity contribution in [2.45, 2.75) is 16.4 Å². The summed E-state index contributed by atoms with van der Waals surface area (Å²) < 4.78 is 11.3. The van der Waals surface area contributed by atoms with Crippen molar-refractivity contribution in [2.75, 3.05) is 5.32 Å². The van der Waals surface area contributed by atoms with Crippen molar-refractivity contribution in [1.29, 1.82) is 0 Å². The zero-order valence-corrected chi connectivity index (χ0v) is 18.5. The van der Waals surface area contributed by atoms with E-state index in [4.69, 9.17) is 32.4 Å². The number of carbonyl (C=O) groups excluding carboxylic acids is 1. The van der Waals surface area contributed by atoms with Gasteiger partial charge in [-0.1, -0.05) is 47.1 Å². The second kappa shape index (κ2) is 9.96. The highest BCUT2D eigenvalue weighted by Crippen LogP contribution is 2.34. The molecule has 0 unspecified atom stereocenters. The van der Waals surface area contributed by atoms with Crippen molar-refractivity contribution in [1.82, 2.24) is 0 Å². The number of amides is 1. The summed E-state index contributed by atoms with van der Waals surface area (Å²) in [6, 6.07) is 25.5. The van der Waals surface area contributed by atoms with E-state index >= 15 is 0 Å². The number of anilines is 1. The Balaban J connectivity index is 1.40. The summed E-state index contributed by atoms with van der Waals surface area (Å²) in [5, 5.41) is 4.23. The van der Waals surface area contributed by atoms with Gasteiger partial charge in [-0.05, 0) is 72.8 Å². The summed E-state index contributed by atoms with van der Waals surface area (Å²) in [5.41, 5.74) is 0.697. The Morgan fingerprint density at radius 1 is 0.871 bits per heavy atom. The van der Waals surface area contributed by atoms with E-state index < -0.39 is 0 Å². The predicted octanol–water partition coefficient (Wildman–Crippen LogP) is 7.57. The lowest BCUT2D eigenvalue weighted by Crippen LogP contribution is -2.11. The molecule has 0 spiro atoms. The van der Waals surface area contributed by atoms with Crippen LogP contribution in [0.2, 0.25) is 10.0 Å². The minimum Gasteiger partial charge on any atom is -0.486 e. The molecule has 1 heterocycles. The molecule has 31 heavy (non-hydrogen) atoms. The normalized spacial score (nSPS) is 10.6. The Morgan fingerprint density at radius 3 is 2.29 bits per heavy atom. The van der Waals surface area contributed by atoms with Crippen molar-refractivity contribution < 1.29 is 13.9 Å². The topological polar surface area (TPSA) is 51.5 Å². The second-order valence-corrected chi connectivity index (χ2v) is 8.50. The molecule has 7 heteroatoms.